The first-order valence-corrected chi connectivity index (χ1v) is 5.23. The van der Waals surface area contributed by atoms with E-state index in [1.54, 1.807) is 26.7 Å². The third kappa shape index (κ3) is 2.24. The molecule has 2 rings (SSSR count). The summed E-state index contributed by atoms with van der Waals surface area (Å²) < 4.78 is 12.4. The van der Waals surface area contributed by atoms with E-state index < -0.39 is 0 Å². The first kappa shape index (κ1) is 11.5. The second kappa shape index (κ2) is 4.88. The van der Waals surface area contributed by atoms with Crippen molar-refractivity contribution in [2.45, 2.75) is 6.54 Å². The maximum absolute atomic E-state index is 5.65. The summed E-state index contributed by atoms with van der Waals surface area (Å²) in [6, 6.07) is 5.63. The van der Waals surface area contributed by atoms with Gasteiger partial charge in [0.2, 0.25) is 0 Å². The van der Waals surface area contributed by atoms with Crippen LogP contribution in [0.1, 0.15) is 5.69 Å². The third-order valence-corrected chi connectivity index (χ3v) is 2.54. The molecular formula is C12H15N3O2. The van der Waals surface area contributed by atoms with Crippen LogP contribution in [0.15, 0.2) is 30.7 Å². The van der Waals surface area contributed by atoms with Crippen molar-refractivity contribution in [1.29, 1.82) is 0 Å². The topological polar surface area (TPSA) is 62.3 Å². The van der Waals surface area contributed by atoms with Crippen LogP contribution >= 0.6 is 0 Å². The molecule has 0 unspecified atom stereocenters. The summed E-state index contributed by atoms with van der Waals surface area (Å²) in [5, 5.41) is 0. The Kier molecular flexibility index (Phi) is 3.30. The van der Waals surface area contributed by atoms with Crippen LogP contribution in [0.25, 0.3) is 5.69 Å². The Balaban J connectivity index is 2.51. The lowest BCUT2D eigenvalue weighted by Crippen LogP contribution is -2.05. The molecule has 0 fully saturated rings. The highest BCUT2D eigenvalue weighted by Gasteiger charge is 2.06. The van der Waals surface area contributed by atoms with Crippen LogP contribution < -0.4 is 15.2 Å². The normalized spacial score (nSPS) is 10.3. The van der Waals surface area contributed by atoms with Crippen molar-refractivity contribution in [2.24, 2.45) is 5.73 Å². The monoisotopic (exact) mass is 233 g/mol. The van der Waals surface area contributed by atoms with E-state index in [1.807, 2.05) is 22.8 Å². The van der Waals surface area contributed by atoms with E-state index in [-0.39, 0.29) is 0 Å². The molecule has 0 saturated heterocycles. The fourth-order valence-electron chi connectivity index (χ4n) is 1.64. The van der Waals surface area contributed by atoms with Gasteiger partial charge in [0, 0.05) is 30.9 Å². The standard InChI is InChI=1S/C12H15N3O2/c1-16-11-3-9(4-12(5-11)17-2)15-8-14-7-10(15)6-13/h3-5,7-8H,6,13H2,1-2H3. The quantitative estimate of drug-likeness (QED) is 0.865. The number of imidazole rings is 1. The highest BCUT2D eigenvalue weighted by molar-refractivity contribution is 5.47. The van der Waals surface area contributed by atoms with E-state index in [1.165, 1.54) is 0 Å². The number of ether oxygens (including phenoxy) is 2. The molecule has 17 heavy (non-hydrogen) atoms. The molecule has 0 amide bonds. The van der Waals surface area contributed by atoms with Gasteiger partial charge in [0.05, 0.1) is 31.9 Å². The average Bonchev–Trinajstić information content (AvgIpc) is 2.86. The Labute approximate surface area is 99.8 Å². The zero-order valence-corrected chi connectivity index (χ0v) is 9.88. The van der Waals surface area contributed by atoms with Crippen molar-refractivity contribution in [2.75, 3.05) is 14.2 Å². The molecule has 5 nitrogen and oxygen atoms in total. The van der Waals surface area contributed by atoms with E-state index in [2.05, 4.69) is 4.98 Å². The minimum atomic E-state index is 0.430. The summed E-state index contributed by atoms with van der Waals surface area (Å²) in [5.41, 5.74) is 7.50. The molecule has 0 aliphatic heterocycles. The van der Waals surface area contributed by atoms with E-state index in [0.717, 1.165) is 22.9 Å². The predicted molar refractivity (Wildman–Crippen MR) is 64.6 cm³/mol. The summed E-state index contributed by atoms with van der Waals surface area (Å²) in [6.45, 7) is 0.430. The Hall–Kier alpha value is -2.01. The molecule has 0 atom stereocenters. The van der Waals surface area contributed by atoms with Crippen molar-refractivity contribution in [3.8, 4) is 17.2 Å². The molecule has 1 heterocycles. The molecule has 0 bridgehead atoms. The van der Waals surface area contributed by atoms with Crippen LogP contribution in [-0.4, -0.2) is 23.8 Å². The maximum atomic E-state index is 5.65. The summed E-state index contributed by atoms with van der Waals surface area (Å²) >= 11 is 0. The molecule has 90 valence electrons. The van der Waals surface area contributed by atoms with Gasteiger partial charge in [-0.05, 0) is 0 Å². The number of rotatable bonds is 4. The first-order chi connectivity index (χ1) is 8.28. The number of benzene rings is 1. The highest BCUT2D eigenvalue weighted by Crippen LogP contribution is 2.25. The number of aromatic nitrogens is 2. The molecule has 2 aromatic rings. The van der Waals surface area contributed by atoms with E-state index >= 15 is 0 Å². The molecule has 0 aliphatic carbocycles. The van der Waals surface area contributed by atoms with Crippen LogP contribution in [0.5, 0.6) is 11.5 Å². The molecule has 0 aliphatic rings. The highest BCUT2D eigenvalue weighted by atomic mass is 16.5. The summed E-state index contributed by atoms with van der Waals surface area (Å²) in [7, 11) is 3.24. The fraction of sp³-hybridized carbons (Fsp3) is 0.250. The molecule has 0 radical (unpaired) electrons. The first-order valence-electron chi connectivity index (χ1n) is 5.23. The average molecular weight is 233 g/mol. The summed E-state index contributed by atoms with van der Waals surface area (Å²) in [5.74, 6) is 1.46. The smallest absolute Gasteiger partial charge is 0.124 e. The Morgan fingerprint density at radius 3 is 2.35 bits per heavy atom. The molecule has 5 heteroatoms. The van der Waals surface area contributed by atoms with Crippen molar-refractivity contribution >= 4 is 0 Å². The van der Waals surface area contributed by atoms with Gasteiger partial charge in [0.15, 0.2) is 0 Å². The van der Waals surface area contributed by atoms with Crippen molar-refractivity contribution < 1.29 is 9.47 Å². The number of nitrogens with zero attached hydrogens (tertiary/aromatic N) is 2. The molecular weight excluding hydrogens is 218 g/mol. The molecule has 1 aromatic heterocycles. The Morgan fingerprint density at radius 2 is 1.82 bits per heavy atom. The zero-order valence-electron chi connectivity index (χ0n) is 9.88. The van der Waals surface area contributed by atoms with Crippen molar-refractivity contribution in [3.05, 3.63) is 36.4 Å². The number of methoxy groups -OCH3 is 2. The lowest BCUT2D eigenvalue weighted by Gasteiger charge is -2.11. The maximum Gasteiger partial charge on any atom is 0.124 e. The van der Waals surface area contributed by atoms with Gasteiger partial charge >= 0.3 is 0 Å². The zero-order chi connectivity index (χ0) is 12.3. The lowest BCUT2D eigenvalue weighted by atomic mass is 10.2. The van der Waals surface area contributed by atoms with Gasteiger partial charge in [0.25, 0.3) is 0 Å². The number of hydrogen-bond donors (Lipinski definition) is 1. The van der Waals surface area contributed by atoms with E-state index in [4.69, 9.17) is 15.2 Å². The second-order valence-electron chi connectivity index (χ2n) is 3.53. The van der Waals surface area contributed by atoms with Crippen LogP contribution in [-0.2, 0) is 6.54 Å². The van der Waals surface area contributed by atoms with E-state index in [0.29, 0.717) is 6.54 Å². The van der Waals surface area contributed by atoms with Gasteiger partial charge in [-0.1, -0.05) is 0 Å². The molecule has 0 saturated carbocycles. The fourth-order valence-corrected chi connectivity index (χ4v) is 1.64. The van der Waals surface area contributed by atoms with Crippen molar-refractivity contribution in [1.82, 2.24) is 9.55 Å². The van der Waals surface area contributed by atoms with Gasteiger partial charge in [-0.2, -0.15) is 0 Å². The SMILES string of the molecule is COc1cc(OC)cc(-n2cncc2CN)c1. The van der Waals surface area contributed by atoms with Crippen LogP contribution in [0.2, 0.25) is 0 Å². The van der Waals surface area contributed by atoms with Gasteiger partial charge < -0.3 is 19.8 Å². The van der Waals surface area contributed by atoms with Gasteiger partial charge in [-0.3, -0.25) is 0 Å². The molecule has 0 spiro atoms. The third-order valence-electron chi connectivity index (χ3n) is 2.54. The Morgan fingerprint density at radius 1 is 1.18 bits per heavy atom. The minimum absolute atomic E-state index is 0.430. The van der Waals surface area contributed by atoms with Gasteiger partial charge in [0.1, 0.15) is 11.5 Å². The van der Waals surface area contributed by atoms with Crippen LogP contribution in [0, 0.1) is 0 Å². The molecule has 1 aromatic carbocycles. The largest absolute Gasteiger partial charge is 0.497 e. The van der Waals surface area contributed by atoms with Gasteiger partial charge in [-0.25, -0.2) is 4.98 Å². The Bertz CT molecular complexity index is 486. The number of nitrogens with two attached hydrogens (primary N) is 1. The predicted octanol–water partition coefficient (Wildman–Crippen LogP) is 1.35. The lowest BCUT2D eigenvalue weighted by molar-refractivity contribution is 0.394. The molecule has 2 N–H and O–H groups in total. The van der Waals surface area contributed by atoms with Crippen molar-refractivity contribution in [3.63, 3.8) is 0 Å². The van der Waals surface area contributed by atoms with E-state index in [9.17, 15) is 0 Å². The summed E-state index contributed by atoms with van der Waals surface area (Å²) in [4.78, 5) is 4.08. The van der Waals surface area contributed by atoms with Crippen LogP contribution in [0.4, 0.5) is 0 Å². The minimum Gasteiger partial charge on any atom is -0.497 e. The number of hydrogen-bond acceptors (Lipinski definition) is 4. The van der Waals surface area contributed by atoms with Crippen LogP contribution in [0.3, 0.4) is 0 Å². The second-order valence-corrected chi connectivity index (χ2v) is 3.53. The summed E-state index contributed by atoms with van der Waals surface area (Å²) in [6.07, 6.45) is 3.46. The van der Waals surface area contributed by atoms with Gasteiger partial charge in [-0.15, -0.1) is 0 Å².